The van der Waals surface area contributed by atoms with E-state index in [1.807, 2.05) is 6.07 Å². The lowest BCUT2D eigenvalue weighted by Gasteiger charge is -2.14. The van der Waals surface area contributed by atoms with Crippen LogP contribution in [0.25, 0.3) is 0 Å². The van der Waals surface area contributed by atoms with E-state index in [1.165, 1.54) is 0 Å². The number of nitriles is 1. The molecule has 0 aromatic rings. The molecule has 1 saturated heterocycles. The molecule has 1 rings (SSSR count). The van der Waals surface area contributed by atoms with Crippen LogP contribution in [0.15, 0.2) is 0 Å². The van der Waals surface area contributed by atoms with E-state index in [9.17, 15) is 4.79 Å². The summed E-state index contributed by atoms with van der Waals surface area (Å²) in [6, 6.07) is 1.79. The predicted molar refractivity (Wildman–Crippen MR) is 50.6 cm³/mol. The van der Waals surface area contributed by atoms with Crippen molar-refractivity contribution in [1.82, 2.24) is 10.6 Å². The summed E-state index contributed by atoms with van der Waals surface area (Å²) >= 11 is 0. The van der Waals surface area contributed by atoms with E-state index in [4.69, 9.17) is 10.00 Å². The number of nitrogens with one attached hydrogen (secondary N) is 2. The fourth-order valence-electron chi connectivity index (χ4n) is 1.29. The zero-order chi connectivity index (χ0) is 10.4. The second-order valence-electron chi connectivity index (χ2n) is 3.44. The molecule has 0 spiro atoms. The Balaban J connectivity index is 2.18. The summed E-state index contributed by atoms with van der Waals surface area (Å²) in [5.74, 6) is 0. The largest absolute Gasteiger partial charge is 0.379 e. The number of nitrogens with zero attached hydrogens (tertiary/aromatic N) is 1. The van der Waals surface area contributed by atoms with Crippen LogP contribution in [0.2, 0.25) is 0 Å². The molecular weight excluding hydrogens is 182 g/mol. The Labute approximate surface area is 83.4 Å². The third kappa shape index (κ3) is 3.62. The third-order valence-electron chi connectivity index (χ3n) is 2.04. The van der Waals surface area contributed by atoms with Gasteiger partial charge in [0.2, 0.25) is 0 Å². The van der Waals surface area contributed by atoms with E-state index in [0.29, 0.717) is 19.6 Å². The molecule has 0 radical (unpaired) electrons. The second-order valence-corrected chi connectivity index (χ2v) is 3.44. The molecule has 1 fully saturated rings. The van der Waals surface area contributed by atoms with Gasteiger partial charge in [0.25, 0.3) is 0 Å². The van der Waals surface area contributed by atoms with E-state index < -0.39 is 0 Å². The molecule has 2 N–H and O–H groups in total. The van der Waals surface area contributed by atoms with Gasteiger partial charge < -0.3 is 15.4 Å². The van der Waals surface area contributed by atoms with Crippen molar-refractivity contribution in [3.63, 3.8) is 0 Å². The van der Waals surface area contributed by atoms with Gasteiger partial charge in [0.15, 0.2) is 0 Å². The minimum absolute atomic E-state index is 0.109. The normalized spacial score (nSPS) is 22.4. The molecule has 1 aliphatic heterocycles. The van der Waals surface area contributed by atoms with Gasteiger partial charge in [-0.25, -0.2) is 4.79 Å². The first-order chi connectivity index (χ1) is 6.72. The van der Waals surface area contributed by atoms with Crippen LogP contribution in [-0.4, -0.2) is 31.3 Å². The standard InChI is InChI=1S/C9H15N3O2/c1-7(2-4-10)11-9(13)12-8-3-5-14-6-8/h7-8H,2-3,5-6H2,1H3,(H2,11,12,13). The maximum Gasteiger partial charge on any atom is 0.315 e. The van der Waals surface area contributed by atoms with Gasteiger partial charge in [-0.1, -0.05) is 0 Å². The van der Waals surface area contributed by atoms with Crippen molar-refractivity contribution in [2.75, 3.05) is 13.2 Å². The SMILES string of the molecule is CC(CC#N)NC(=O)NC1CCOC1. The van der Waals surface area contributed by atoms with E-state index in [-0.39, 0.29) is 18.1 Å². The van der Waals surface area contributed by atoms with Gasteiger partial charge in [-0.3, -0.25) is 0 Å². The van der Waals surface area contributed by atoms with Gasteiger partial charge in [-0.2, -0.15) is 5.26 Å². The molecule has 5 heteroatoms. The zero-order valence-corrected chi connectivity index (χ0v) is 8.25. The number of ether oxygens (including phenoxy) is 1. The lowest BCUT2D eigenvalue weighted by Crippen LogP contribution is -2.45. The van der Waals surface area contributed by atoms with Crippen molar-refractivity contribution >= 4 is 6.03 Å². The van der Waals surface area contributed by atoms with Crippen LogP contribution >= 0.6 is 0 Å². The molecule has 2 atom stereocenters. The Morgan fingerprint density at radius 3 is 3.14 bits per heavy atom. The summed E-state index contributed by atoms with van der Waals surface area (Å²) in [4.78, 5) is 11.3. The van der Waals surface area contributed by atoms with Crippen LogP contribution in [0.3, 0.4) is 0 Å². The Morgan fingerprint density at radius 1 is 1.79 bits per heavy atom. The van der Waals surface area contributed by atoms with Gasteiger partial charge in [-0.15, -0.1) is 0 Å². The smallest absolute Gasteiger partial charge is 0.315 e. The number of rotatable bonds is 3. The van der Waals surface area contributed by atoms with Crippen LogP contribution in [0, 0.1) is 11.3 Å². The Hall–Kier alpha value is -1.28. The Kier molecular flexibility index (Phi) is 4.20. The van der Waals surface area contributed by atoms with Gasteiger partial charge in [0.05, 0.1) is 25.1 Å². The number of amides is 2. The van der Waals surface area contributed by atoms with Gasteiger partial charge in [0.1, 0.15) is 0 Å². The molecule has 2 unspecified atom stereocenters. The van der Waals surface area contributed by atoms with Crippen molar-refractivity contribution in [2.24, 2.45) is 0 Å². The molecule has 5 nitrogen and oxygen atoms in total. The second kappa shape index (κ2) is 5.45. The summed E-state index contributed by atoms with van der Waals surface area (Å²) in [5.41, 5.74) is 0. The molecule has 2 amide bonds. The quantitative estimate of drug-likeness (QED) is 0.686. The summed E-state index contributed by atoms with van der Waals surface area (Å²) in [5, 5.41) is 13.9. The van der Waals surface area contributed by atoms with Crippen molar-refractivity contribution in [3.8, 4) is 6.07 Å². The maximum absolute atomic E-state index is 11.3. The van der Waals surface area contributed by atoms with Crippen LogP contribution in [-0.2, 0) is 4.74 Å². The van der Waals surface area contributed by atoms with E-state index >= 15 is 0 Å². The maximum atomic E-state index is 11.3. The molecular formula is C9H15N3O2. The molecule has 14 heavy (non-hydrogen) atoms. The highest BCUT2D eigenvalue weighted by Gasteiger charge is 2.18. The summed E-state index contributed by atoms with van der Waals surface area (Å²) in [6.45, 7) is 3.09. The first-order valence-corrected chi connectivity index (χ1v) is 4.74. The van der Waals surface area contributed by atoms with E-state index in [0.717, 1.165) is 6.42 Å². The molecule has 1 aliphatic rings. The number of hydrogen-bond donors (Lipinski definition) is 2. The summed E-state index contributed by atoms with van der Waals surface area (Å²) in [7, 11) is 0. The van der Waals surface area contributed by atoms with E-state index in [1.54, 1.807) is 6.92 Å². The zero-order valence-electron chi connectivity index (χ0n) is 8.25. The van der Waals surface area contributed by atoms with Gasteiger partial charge in [-0.05, 0) is 13.3 Å². The average Bonchev–Trinajstić information content (AvgIpc) is 2.56. The van der Waals surface area contributed by atoms with Gasteiger partial charge >= 0.3 is 6.03 Å². The first kappa shape index (κ1) is 10.8. The van der Waals surface area contributed by atoms with Crippen LogP contribution in [0.4, 0.5) is 4.79 Å². The third-order valence-corrected chi connectivity index (χ3v) is 2.04. The van der Waals surface area contributed by atoms with Crippen molar-refractivity contribution in [1.29, 1.82) is 5.26 Å². The highest BCUT2D eigenvalue weighted by Crippen LogP contribution is 2.02. The van der Waals surface area contributed by atoms with Gasteiger partial charge in [0, 0.05) is 12.6 Å². The molecule has 0 aromatic carbocycles. The lowest BCUT2D eigenvalue weighted by molar-refractivity contribution is 0.188. The number of carbonyl (C=O) groups excluding carboxylic acids is 1. The summed E-state index contributed by atoms with van der Waals surface area (Å²) in [6.07, 6.45) is 1.19. The Bertz CT molecular complexity index is 231. The number of hydrogen-bond acceptors (Lipinski definition) is 3. The molecule has 78 valence electrons. The van der Waals surface area contributed by atoms with Crippen LogP contribution in [0.5, 0.6) is 0 Å². The topological polar surface area (TPSA) is 74.2 Å². The van der Waals surface area contributed by atoms with Crippen molar-refractivity contribution in [3.05, 3.63) is 0 Å². The summed E-state index contributed by atoms with van der Waals surface area (Å²) < 4.78 is 5.12. The van der Waals surface area contributed by atoms with Crippen LogP contribution in [0.1, 0.15) is 19.8 Å². The Morgan fingerprint density at radius 2 is 2.57 bits per heavy atom. The highest BCUT2D eigenvalue weighted by atomic mass is 16.5. The predicted octanol–water partition coefficient (Wildman–Crippen LogP) is 0.377. The van der Waals surface area contributed by atoms with Crippen molar-refractivity contribution in [2.45, 2.75) is 31.8 Å². The fourth-order valence-corrected chi connectivity index (χ4v) is 1.29. The molecule has 0 aromatic heterocycles. The lowest BCUT2D eigenvalue weighted by atomic mass is 10.2. The molecule has 0 aliphatic carbocycles. The highest BCUT2D eigenvalue weighted by molar-refractivity contribution is 5.74. The number of carbonyl (C=O) groups is 1. The minimum atomic E-state index is -0.219. The first-order valence-electron chi connectivity index (χ1n) is 4.74. The molecule has 0 bridgehead atoms. The molecule has 0 saturated carbocycles. The monoisotopic (exact) mass is 197 g/mol. The average molecular weight is 197 g/mol. The van der Waals surface area contributed by atoms with Crippen molar-refractivity contribution < 1.29 is 9.53 Å². The fraction of sp³-hybridized carbons (Fsp3) is 0.778. The number of urea groups is 1. The van der Waals surface area contributed by atoms with E-state index in [2.05, 4.69) is 10.6 Å². The van der Waals surface area contributed by atoms with Crippen LogP contribution < -0.4 is 10.6 Å². The molecule has 1 heterocycles. The minimum Gasteiger partial charge on any atom is -0.379 e.